The van der Waals surface area contributed by atoms with Crippen molar-refractivity contribution >= 4 is 31.8 Å². The zero-order chi connectivity index (χ0) is 15.5. The van der Waals surface area contributed by atoms with Crippen LogP contribution in [0.15, 0.2) is 50.4 Å². The second kappa shape index (κ2) is 6.29. The van der Waals surface area contributed by atoms with Gasteiger partial charge in [0.25, 0.3) is 0 Å². The minimum absolute atomic E-state index is 0.231. The standard InChI is InChI=1S/C15H12BrNO3S/c1-11-5-6-20-15(11)8-14(9-17)21(18,19)10-12-3-2-4-13(16)7-12/h2-8H,10H2,1H3. The van der Waals surface area contributed by atoms with Gasteiger partial charge in [0.1, 0.15) is 16.7 Å². The van der Waals surface area contributed by atoms with Crippen LogP contribution < -0.4 is 0 Å². The fourth-order valence-electron chi connectivity index (χ4n) is 1.77. The molecule has 1 aromatic carbocycles. The van der Waals surface area contributed by atoms with Crippen LogP contribution in [0.5, 0.6) is 0 Å². The first-order valence-electron chi connectivity index (χ1n) is 6.05. The van der Waals surface area contributed by atoms with E-state index in [1.807, 2.05) is 6.07 Å². The van der Waals surface area contributed by atoms with E-state index in [4.69, 9.17) is 9.68 Å². The predicted octanol–water partition coefficient (Wildman–Crippen LogP) is 3.83. The molecule has 0 saturated heterocycles. The molecule has 0 atom stereocenters. The van der Waals surface area contributed by atoms with Gasteiger partial charge in [0.05, 0.1) is 12.0 Å². The summed E-state index contributed by atoms with van der Waals surface area (Å²) in [5.74, 6) is 0.148. The molecule has 4 nitrogen and oxygen atoms in total. The minimum atomic E-state index is -3.72. The Kier molecular flexibility index (Phi) is 4.66. The number of allylic oxidation sites excluding steroid dienone is 1. The Morgan fingerprint density at radius 2 is 2.19 bits per heavy atom. The number of benzene rings is 1. The van der Waals surface area contributed by atoms with E-state index in [1.165, 1.54) is 12.3 Å². The number of hydrogen-bond donors (Lipinski definition) is 0. The molecular weight excluding hydrogens is 354 g/mol. The van der Waals surface area contributed by atoms with Gasteiger partial charge in [-0.15, -0.1) is 0 Å². The second-order valence-electron chi connectivity index (χ2n) is 4.48. The third kappa shape index (κ3) is 3.84. The maximum Gasteiger partial charge on any atom is 0.192 e. The number of hydrogen-bond acceptors (Lipinski definition) is 4. The summed E-state index contributed by atoms with van der Waals surface area (Å²) in [6.07, 6.45) is 2.72. The van der Waals surface area contributed by atoms with Crippen LogP contribution in [0, 0.1) is 18.3 Å². The smallest absolute Gasteiger partial charge is 0.192 e. The fourth-order valence-corrected chi connectivity index (χ4v) is 3.41. The maximum atomic E-state index is 12.3. The zero-order valence-corrected chi connectivity index (χ0v) is 13.6. The van der Waals surface area contributed by atoms with Crippen molar-refractivity contribution in [1.29, 1.82) is 5.26 Å². The van der Waals surface area contributed by atoms with E-state index in [9.17, 15) is 8.42 Å². The van der Waals surface area contributed by atoms with Crippen molar-refractivity contribution in [2.75, 3.05) is 0 Å². The van der Waals surface area contributed by atoms with E-state index in [0.29, 0.717) is 11.3 Å². The van der Waals surface area contributed by atoms with Gasteiger partial charge in [-0.1, -0.05) is 28.1 Å². The van der Waals surface area contributed by atoms with E-state index in [2.05, 4.69) is 15.9 Å². The monoisotopic (exact) mass is 365 g/mol. The van der Waals surface area contributed by atoms with Crippen molar-refractivity contribution in [1.82, 2.24) is 0 Å². The van der Waals surface area contributed by atoms with Crippen LogP contribution in [0.1, 0.15) is 16.9 Å². The van der Waals surface area contributed by atoms with Crippen molar-refractivity contribution in [3.05, 3.63) is 62.9 Å². The highest BCUT2D eigenvalue weighted by atomic mass is 79.9. The quantitative estimate of drug-likeness (QED) is 0.771. The molecule has 0 saturated carbocycles. The van der Waals surface area contributed by atoms with Crippen LogP contribution in [-0.4, -0.2) is 8.42 Å². The largest absolute Gasteiger partial charge is 0.465 e. The van der Waals surface area contributed by atoms with Gasteiger partial charge >= 0.3 is 0 Å². The van der Waals surface area contributed by atoms with Crippen LogP contribution in [0.4, 0.5) is 0 Å². The molecule has 0 radical (unpaired) electrons. The Hall–Kier alpha value is -1.84. The Morgan fingerprint density at radius 1 is 1.43 bits per heavy atom. The lowest BCUT2D eigenvalue weighted by Crippen LogP contribution is -2.06. The summed E-state index contributed by atoms with van der Waals surface area (Å²) in [6.45, 7) is 1.78. The van der Waals surface area contributed by atoms with Gasteiger partial charge in [-0.2, -0.15) is 5.26 Å². The first kappa shape index (κ1) is 15.5. The summed E-state index contributed by atoms with van der Waals surface area (Å²) < 4.78 is 30.6. The number of nitrogens with zero attached hydrogens (tertiary/aromatic N) is 1. The maximum absolute atomic E-state index is 12.3. The average Bonchev–Trinajstić information content (AvgIpc) is 2.80. The summed E-state index contributed by atoms with van der Waals surface area (Å²) >= 11 is 3.29. The molecule has 0 bridgehead atoms. The van der Waals surface area contributed by atoms with Crippen LogP contribution in [-0.2, 0) is 15.6 Å². The normalized spacial score (nSPS) is 12.1. The van der Waals surface area contributed by atoms with E-state index >= 15 is 0 Å². The fraction of sp³-hybridized carbons (Fsp3) is 0.133. The average molecular weight is 366 g/mol. The summed E-state index contributed by atoms with van der Waals surface area (Å²) in [4.78, 5) is -0.305. The molecular formula is C15H12BrNO3S. The summed E-state index contributed by atoms with van der Waals surface area (Å²) in [7, 11) is -3.72. The van der Waals surface area contributed by atoms with Crippen molar-refractivity contribution < 1.29 is 12.8 Å². The summed E-state index contributed by atoms with van der Waals surface area (Å²) in [5, 5.41) is 9.14. The van der Waals surface area contributed by atoms with Gasteiger partial charge in [-0.05, 0) is 36.2 Å². The van der Waals surface area contributed by atoms with E-state index in [0.717, 1.165) is 10.0 Å². The molecule has 6 heteroatoms. The van der Waals surface area contributed by atoms with E-state index < -0.39 is 9.84 Å². The Labute approximate surface area is 131 Å². The van der Waals surface area contributed by atoms with E-state index in [1.54, 1.807) is 37.3 Å². The number of rotatable bonds is 4. The molecule has 2 rings (SSSR count). The third-order valence-electron chi connectivity index (χ3n) is 2.85. The minimum Gasteiger partial charge on any atom is -0.465 e. The first-order chi connectivity index (χ1) is 9.92. The summed E-state index contributed by atoms with van der Waals surface area (Å²) in [6, 6.07) is 10.4. The highest BCUT2D eigenvalue weighted by molar-refractivity contribution is 9.10. The van der Waals surface area contributed by atoms with Gasteiger partial charge in [0.15, 0.2) is 9.84 Å². The molecule has 0 amide bonds. The molecule has 0 N–H and O–H groups in total. The third-order valence-corrected chi connectivity index (χ3v) is 4.94. The highest BCUT2D eigenvalue weighted by Crippen LogP contribution is 2.21. The van der Waals surface area contributed by atoms with Gasteiger partial charge in [0.2, 0.25) is 0 Å². The molecule has 2 aromatic rings. The van der Waals surface area contributed by atoms with Gasteiger partial charge < -0.3 is 4.42 Å². The molecule has 0 aliphatic rings. The number of aryl methyl sites for hydroxylation is 1. The molecule has 0 spiro atoms. The van der Waals surface area contributed by atoms with Crippen molar-refractivity contribution in [2.24, 2.45) is 0 Å². The number of halogens is 1. The van der Waals surface area contributed by atoms with Gasteiger partial charge in [-0.25, -0.2) is 8.42 Å². The van der Waals surface area contributed by atoms with Crippen molar-refractivity contribution in [3.8, 4) is 6.07 Å². The Bertz CT molecular complexity index is 829. The molecule has 108 valence electrons. The molecule has 0 aliphatic carbocycles. The van der Waals surface area contributed by atoms with Crippen molar-refractivity contribution in [2.45, 2.75) is 12.7 Å². The SMILES string of the molecule is Cc1ccoc1C=C(C#N)S(=O)(=O)Cc1cccc(Br)c1. The number of nitriles is 1. The van der Waals surface area contributed by atoms with Crippen LogP contribution in [0.3, 0.4) is 0 Å². The zero-order valence-electron chi connectivity index (χ0n) is 11.2. The number of furan rings is 1. The lowest BCUT2D eigenvalue weighted by molar-refractivity contribution is 0.554. The lowest BCUT2D eigenvalue weighted by Gasteiger charge is -2.03. The lowest BCUT2D eigenvalue weighted by atomic mass is 10.2. The number of sulfone groups is 1. The molecule has 0 fully saturated rings. The first-order valence-corrected chi connectivity index (χ1v) is 8.50. The van der Waals surface area contributed by atoms with Crippen LogP contribution in [0.25, 0.3) is 6.08 Å². The molecule has 21 heavy (non-hydrogen) atoms. The molecule has 1 aromatic heterocycles. The highest BCUT2D eigenvalue weighted by Gasteiger charge is 2.19. The molecule has 1 heterocycles. The Morgan fingerprint density at radius 3 is 2.76 bits per heavy atom. The van der Waals surface area contributed by atoms with Crippen molar-refractivity contribution in [3.63, 3.8) is 0 Å². The predicted molar refractivity (Wildman–Crippen MR) is 83.8 cm³/mol. The van der Waals surface area contributed by atoms with Gasteiger partial charge in [0, 0.05) is 10.5 Å². The van der Waals surface area contributed by atoms with Crippen LogP contribution in [0.2, 0.25) is 0 Å². The van der Waals surface area contributed by atoms with Crippen LogP contribution >= 0.6 is 15.9 Å². The molecule has 0 aliphatic heterocycles. The second-order valence-corrected chi connectivity index (χ2v) is 7.35. The summed E-state index contributed by atoms with van der Waals surface area (Å²) in [5.41, 5.74) is 1.39. The van der Waals surface area contributed by atoms with Gasteiger partial charge in [-0.3, -0.25) is 0 Å². The molecule has 0 unspecified atom stereocenters. The van der Waals surface area contributed by atoms with E-state index in [-0.39, 0.29) is 10.7 Å². The topological polar surface area (TPSA) is 71.1 Å². The Balaban J connectivity index is 2.35.